The average molecular weight is 432 g/mol. The number of hydrogen-bond acceptors (Lipinski definition) is 5. The molecule has 0 spiro atoms. The highest BCUT2D eigenvalue weighted by Gasteiger charge is 2.19. The van der Waals surface area contributed by atoms with E-state index in [1.54, 1.807) is 0 Å². The van der Waals surface area contributed by atoms with Gasteiger partial charge in [0.05, 0.1) is 17.6 Å². The van der Waals surface area contributed by atoms with Crippen molar-refractivity contribution in [2.24, 2.45) is 0 Å². The second-order valence-electron chi connectivity index (χ2n) is 7.42. The second-order valence-corrected chi connectivity index (χ2v) is 9.19. The van der Waals surface area contributed by atoms with Gasteiger partial charge in [-0.25, -0.2) is 13.1 Å². The fraction of sp³-hybridized carbons (Fsp3) is 0.409. The lowest BCUT2D eigenvalue weighted by molar-refractivity contribution is 0.0960. The van der Waals surface area contributed by atoms with E-state index >= 15 is 0 Å². The Morgan fingerprint density at radius 1 is 1.03 bits per heavy atom. The molecule has 3 rings (SSSR count). The maximum absolute atomic E-state index is 12.7. The molecule has 1 amide bonds. The summed E-state index contributed by atoms with van der Waals surface area (Å²) < 4.78 is 33.2. The lowest BCUT2D eigenvalue weighted by atomic mass is 10.1. The molecule has 1 saturated heterocycles. The summed E-state index contributed by atoms with van der Waals surface area (Å²) in [4.78, 5) is 14.5. The van der Waals surface area contributed by atoms with Crippen molar-refractivity contribution in [1.82, 2.24) is 14.9 Å². The number of carbonyl (C=O) groups is 1. The molecule has 0 atom stereocenters. The van der Waals surface area contributed by atoms with E-state index in [4.69, 9.17) is 4.74 Å². The summed E-state index contributed by atoms with van der Waals surface area (Å²) in [5.41, 5.74) is 2.28. The maximum atomic E-state index is 12.7. The highest BCUT2D eigenvalue weighted by molar-refractivity contribution is 7.89. The number of amides is 1. The number of methoxy groups -OCH3 is 1. The van der Waals surface area contributed by atoms with Crippen molar-refractivity contribution in [2.75, 3.05) is 27.2 Å². The van der Waals surface area contributed by atoms with Gasteiger partial charge in [0, 0.05) is 20.1 Å². The van der Waals surface area contributed by atoms with Crippen LogP contribution in [-0.4, -0.2) is 46.5 Å². The highest BCUT2D eigenvalue weighted by Crippen LogP contribution is 2.22. The number of likely N-dealkylation sites (tertiary alicyclic amines) is 1. The highest BCUT2D eigenvalue weighted by atomic mass is 32.2. The van der Waals surface area contributed by atoms with Crippen molar-refractivity contribution < 1.29 is 17.9 Å². The van der Waals surface area contributed by atoms with Gasteiger partial charge in [0.1, 0.15) is 5.75 Å². The van der Waals surface area contributed by atoms with E-state index in [1.807, 2.05) is 12.1 Å². The smallest absolute Gasteiger partial charge is 0.254 e. The molecular formula is C22H29N3O4S. The van der Waals surface area contributed by atoms with Crippen LogP contribution < -0.4 is 14.8 Å². The summed E-state index contributed by atoms with van der Waals surface area (Å²) >= 11 is 0. The molecule has 0 unspecified atom stereocenters. The molecule has 162 valence electrons. The first-order valence-corrected chi connectivity index (χ1v) is 11.6. The summed E-state index contributed by atoms with van der Waals surface area (Å²) in [6.45, 7) is 3.39. The molecule has 1 heterocycles. The minimum Gasteiger partial charge on any atom is -0.496 e. The molecular weight excluding hydrogens is 402 g/mol. The Hall–Kier alpha value is -2.42. The average Bonchev–Trinajstić information content (AvgIpc) is 2.78. The van der Waals surface area contributed by atoms with Crippen LogP contribution in [0.3, 0.4) is 0 Å². The number of nitrogens with zero attached hydrogens (tertiary/aromatic N) is 1. The molecule has 2 aromatic carbocycles. The van der Waals surface area contributed by atoms with Crippen molar-refractivity contribution in [1.29, 1.82) is 0 Å². The van der Waals surface area contributed by atoms with Gasteiger partial charge in [-0.1, -0.05) is 30.7 Å². The van der Waals surface area contributed by atoms with E-state index in [2.05, 4.69) is 27.1 Å². The van der Waals surface area contributed by atoms with Gasteiger partial charge in [0.15, 0.2) is 0 Å². The minimum absolute atomic E-state index is 0.0172. The first-order chi connectivity index (χ1) is 14.4. The molecule has 30 heavy (non-hydrogen) atoms. The lowest BCUT2D eigenvalue weighted by Crippen LogP contribution is -2.29. The SMILES string of the molecule is CNC(=O)c1cc(S(=O)(=O)NCc2ccc(CN3CCCCC3)cc2)ccc1OC. The first-order valence-electron chi connectivity index (χ1n) is 10.1. The predicted octanol–water partition coefficient (Wildman–Crippen LogP) is 2.52. The van der Waals surface area contributed by atoms with E-state index in [0.29, 0.717) is 5.75 Å². The number of sulfonamides is 1. The van der Waals surface area contributed by atoms with Gasteiger partial charge in [-0.15, -0.1) is 0 Å². The number of carbonyl (C=O) groups excluding carboxylic acids is 1. The van der Waals surface area contributed by atoms with Gasteiger partial charge >= 0.3 is 0 Å². The van der Waals surface area contributed by atoms with Gasteiger partial charge in [-0.05, 0) is 55.3 Å². The number of nitrogens with one attached hydrogen (secondary N) is 2. The van der Waals surface area contributed by atoms with E-state index < -0.39 is 15.9 Å². The predicted molar refractivity (Wildman–Crippen MR) is 116 cm³/mol. The number of benzene rings is 2. The molecule has 0 aliphatic carbocycles. The molecule has 1 aliphatic heterocycles. The molecule has 1 aliphatic rings. The number of hydrogen-bond donors (Lipinski definition) is 2. The Balaban J connectivity index is 1.65. The quantitative estimate of drug-likeness (QED) is 0.671. The molecule has 2 N–H and O–H groups in total. The van der Waals surface area contributed by atoms with Crippen molar-refractivity contribution in [3.05, 3.63) is 59.2 Å². The van der Waals surface area contributed by atoms with Crippen LogP contribution in [0.15, 0.2) is 47.4 Å². The van der Waals surface area contributed by atoms with Crippen LogP contribution in [0.4, 0.5) is 0 Å². The topological polar surface area (TPSA) is 87.7 Å². The molecule has 8 heteroatoms. The van der Waals surface area contributed by atoms with Crippen LogP contribution in [0.5, 0.6) is 5.75 Å². The van der Waals surface area contributed by atoms with Gasteiger partial charge in [-0.3, -0.25) is 9.69 Å². The van der Waals surface area contributed by atoms with Gasteiger partial charge < -0.3 is 10.1 Å². The number of piperidine rings is 1. The Labute approximate surface area is 178 Å². The van der Waals surface area contributed by atoms with E-state index in [0.717, 1.165) is 25.2 Å². The Morgan fingerprint density at radius 2 is 1.70 bits per heavy atom. The zero-order chi connectivity index (χ0) is 21.6. The third kappa shape index (κ3) is 5.59. The maximum Gasteiger partial charge on any atom is 0.254 e. The Bertz CT molecular complexity index is 968. The monoisotopic (exact) mass is 431 g/mol. The molecule has 2 aromatic rings. The van der Waals surface area contributed by atoms with Crippen LogP contribution in [0.1, 0.15) is 40.7 Å². The van der Waals surface area contributed by atoms with Crippen LogP contribution in [0.25, 0.3) is 0 Å². The largest absolute Gasteiger partial charge is 0.496 e. The zero-order valence-electron chi connectivity index (χ0n) is 17.5. The number of rotatable bonds is 8. The minimum atomic E-state index is -3.77. The molecule has 0 saturated carbocycles. The van der Waals surface area contributed by atoms with Crippen molar-refractivity contribution in [3.63, 3.8) is 0 Å². The number of ether oxygens (including phenoxy) is 1. The van der Waals surface area contributed by atoms with Crippen LogP contribution in [0, 0.1) is 0 Å². The summed E-state index contributed by atoms with van der Waals surface area (Å²) in [5.74, 6) is -0.0919. The summed E-state index contributed by atoms with van der Waals surface area (Å²) in [6, 6.07) is 12.2. The van der Waals surface area contributed by atoms with Crippen molar-refractivity contribution in [2.45, 2.75) is 37.2 Å². The Kier molecular flexibility index (Phi) is 7.47. The van der Waals surface area contributed by atoms with E-state index in [1.165, 1.54) is 57.2 Å². The summed E-state index contributed by atoms with van der Waals surface area (Å²) in [7, 11) is -0.858. The van der Waals surface area contributed by atoms with Crippen molar-refractivity contribution >= 4 is 15.9 Å². The van der Waals surface area contributed by atoms with Gasteiger partial charge in [0.25, 0.3) is 5.91 Å². The van der Waals surface area contributed by atoms with Gasteiger partial charge in [-0.2, -0.15) is 0 Å². The van der Waals surface area contributed by atoms with Gasteiger partial charge in [0.2, 0.25) is 10.0 Å². The van der Waals surface area contributed by atoms with Crippen LogP contribution in [-0.2, 0) is 23.1 Å². The van der Waals surface area contributed by atoms with E-state index in [9.17, 15) is 13.2 Å². The first kappa shape index (κ1) is 22.3. The standard InChI is InChI=1S/C22H29N3O4S/c1-23-22(26)20-14-19(10-11-21(20)29-2)30(27,28)24-15-17-6-8-18(9-7-17)16-25-12-4-3-5-13-25/h6-11,14,24H,3-5,12-13,15-16H2,1-2H3,(H,23,26). The molecule has 0 bridgehead atoms. The van der Waals surface area contributed by atoms with Crippen molar-refractivity contribution in [3.8, 4) is 5.75 Å². The third-order valence-corrected chi connectivity index (χ3v) is 6.70. The lowest BCUT2D eigenvalue weighted by Gasteiger charge is -2.26. The van der Waals surface area contributed by atoms with Crippen LogP contribution >= 0.6 is 0 Å². The van der Waals surface area contributed by atoms with Crippen LogP contribution in [0.2, 0.25) is 0 Å². The van der Waals surface area contributed by atoms with E-state index in [-0.39, 0.29) is 17.0 Å². The fourth-order valence-electron chi connectivity index (χ4n) is 3.57. The zero-order valence-corrected chi connectivity index (χ0v) is 18.3. The third-order valence-electron chi connectivity index (χ3n) is 5.30. The summed E-state index contributed by atoms with van der Waals surface area (Å²) in [6.07, 6.45) is 3.83. The molecule has 0 aromatic heterocycles. The second kappa shape index (κ2) is 10.1. The fourth-order valence-corrected chi connectivity index (χ4v) is 4.61. The Morgan fingerprint density at radius 3 is 2.33 bits per heavy atom. The summed E-state index contributed by atoms with van der Waals surface area (Å²) in [5, 5.41) is 2.49. The normalized spacial score (nSPS) is 15.0. The molecule has 1 fully saturated rings. The molecule has 7 nitrogen and oxygen atoms in total. The molecule has 0 radical (unpaired) electrons.